The largest absolute Gasteiger partial charge is 0.454 e. The van der Waals surface area contributed by atoms with E-state index in [4.69, 9.17) is 4.42 Å². The second kappa shape index (κ2) is 11.3. The van der Waals surface area contributed by atoms with E-state index in [1.54, 1.807) is 0 Å². The third kappa shape index (κ3) is 4.57. The van der Waals surface area contributed by atoms with E-state index in [1.807, 2.05) is 0 Å². The monoisotopic (exact) mass is 653 g/mol. The van der Waals surface area contributed by atoms with Crippen molar-refractivity contribution in [2.24, 2.45) is 0 Å². The molecular weight excluding hydrogens is 619 g/mol. The standard InChI is InChI=1S/C49H35NO/c1-49(2)41-21-9-8-19-39(41)47-42(49)22-12-23-43(47)50(37-28-25-33(26-29-37)36-17-10-16-35(31-36)32-13-4-3-5-14-32)44-24-11-20-40-46-38-18-7-6-15-34(38)27-30-45(46)51-48(40)44/h3-31H,1-2H3. The molecule has 0 saturated heterocycles. The quantitative estimate of drug-likeness (QED) is 0.184. The first-order valence-electron chi connectivity index (χ1n) is 17.7. The highest BCUT2D eigenvalue weighted by Crippen LogP contribution is 2.55. The SMILES string of the molecule is CC1(C)c2ccccc2-c2c(N(c3ccc(-c4cccc(-c5ccccc5)c4)cc3)c3cccc4c3oc3ccc5ccccc5c34)cccc21. The Bertz CT molecular complexity index is 2770. The highest BCUT2D eigenvalue weighted by Gasteiger charge is 2.38. The molecule has 0 unspecified atom stereocenters. The lowest BCUT2D eigenvalue weighted by Crippen LogP contribution is -2.16. The van der Waals surface area contributed by atoms with Gasteiger partial charge < -0.3 is 9.32 Å². The fourth-order valence-corrected chi connectivity index (χ4v) is 8.37. The van der Waals surface area contributed by atoms with Gasteiger partial charge in [0.1, 0.15) is 5.58 Å². The molecule has 9 aromatic rings. The van der Waals surface area contributed by atoms with Gasteiger partial charge in [0.25, 0.3) is 0 Å². The molecule has 1 aliphatic carbocycles. The van der Waals surface area contributed by atoms with Gasteiger partial charge in [0.05, 0.1) is 11.4 Å². The van der Waals surface area contributed by atoms with Crippen molar-refractivity contribution in [3.8, 4) is 33.4 Å². The maximum absolute atomic E-state index is 6.85. The number of rotatable bonds is 5. The Balaban J connectivity index is 1.20. The molecule has 0 spiro atoms. The van der Waals surface area contributed by atoms with Crippen LogP contribution in [-0.4, -0.2) is 0 Å². The highest BCUT2D eigenvalue weighted by molar-refractivity contribution is 6.21. The molecule has 10 rings (SSSR count). The summed E-state index contributed by atoms with van der Waals surface area (Å²) in [5.74, 6) is 0. The summed E-state index contributed by atoms with van der Waals surface area (Å²) in [7, 11) is 0. The van der Waals surface area contributed by atoms with Crippen LogP contribution in [-0.2, 0) is 5.41 Å². The molecule has 2 nitrogen and oxygen atoms in total. The minimum Gasteiger partial charge on any atom is -0.454 e. The Morgan fingerprint density at radius 1 is 0.471 bits per heavy atom. The van der Waals surface area contributed by atoms with Crippen molar-refractivity contribution in [3.05, 3.63) is 187 Å². The Morgan fingerprint density at radius 2 is 1.10 bits per heavy atom. The summed E-state index contributed by atoms with van der Waals surface area (Å²) < 4.78 is 6.85. The zero-order valence-corrected chi connectivity index (χ0v) is 28.6. The molecule has 0 aliphatic heterocycles. The molecule has 1 aliphatic rings. The fraction of sp³-hybridized carbons (Fsp3) is 0.0612. The average Bonchev–Trinajstić information content (AvgIpc) is 3.69. The molecule has 0 amide bonds. The summed E-state index contributed by atoms with van der Waals surface area (Å²) in [5, 5.41) is 4.69. The minimum absolute atomic E-state index is 0.120. The zero-order chi connectivity index (χ0) is 34.1. The Labute approximate surface area is 297 Å². The van der Waals surface area contributed by atoms with Crippen molar-refractivity contribution in [2.45, 2.75) is 19.3 Å². The number of furan rings is 1. The van der Waals surface area contributed by atoms with E-state index < -0.39 is 0 Å². The number of anilines is 3. The maximum Gasteiger partial charge on any atom is 0.159 e. The van der Waals surface area contributed by atoms with Crippen molar-refractivity contribution in [3.63, 3.8) is 0 Å². The smallest absolute Gasteiger partial charge is 0.159 e. The van der Waals surface area contributed by atoms with Crippen LogP contribution in [0.25, 0.3) is 66.1 Å². The Kier molecular flexibility index (Phi) is 6.56. The first-order valence-corrected chi connectivity index (χ1v) is 17.7. The van der Waals surface area contributed by atoms with Gasteiger partial charge in [0, 0.05) is 27.4 Å². The van der Waals surface area contributed by atoms with Crippen molar-refractivity contribution in [1.29, 1.82) is 0 Å². The second-order valence-corrected chi connectivity index (χ2v) is 14.1. The molecule has 242 valence electrons. The van der Waals surface area contributed by atoms with Gasteiger partial charge in [-0.3, -0.25) is 0 Å². The van der Waals surface area contributed by atoms with E-state index in [9.17, 15) is 0 Å². The summed E-state index contributed by atoms with van der Waals surface area (Å²) in [4.78, 5) is 2.41. The molecule has 8 aromatic carbocycles. The lowest BCUT2D eigenvalue weighted by molar-refractivity contribution is 0.660. The van der Waals surface area contributed by atoms with Crippen molar-refractivity contribution in [2.75, 3.05) is 4.90 Å². The Hall–Kier alpha value is -6.38. The molecule has 0 fully saturated rings. The molecule has 0 bridgehead atoms. The fourth-order valence-electron chi connectivity index (χ4n) is 8.37. The summed E-state index contributed by atoms with van der Waals surface area (Å²) in [6.45, 7) is 4.68. The Morgan fingerprint density at radius 3 is 1.94 bits per heavy atom. The highest BCUT2D eigenvalue weighted by atomic mass is 16.3. The van der Waals surface area contributed by atoms with Crippen molar-refractivity contribution >= 4 is 49.8 Å². The van der Waals surface area contributed by atoms with Crippen molar-refractivity contribution < 1.29 is 4.42 Å². The van der Waals surface area contributed by atoms with Gasteiger partial charge in [-0.15, -0.1) is 0 Å². The lowest BCUT2D eigenvalue weighted by Gasteiger charge is -2.29. The second-order valence-electron chi connectivity index (χ2n) is 14.1. The summed E-state index contributed by atoms with van der Waals surface area (Å²) in [6, 6.07) is 63.5. The van der Waals surface area contributed by atoms with E-state index in [-0.39, 0.29) is 5.41 Å². The number of para-hydroxylation sites is 1. The zero-order valence-electron chi connectivity index (χ0n) is 28.6. The van der Waals surface area contributed by atoms with E-state index in [0.29, 0.717) is 0 Å². The van der Waals surface area contributed by atoms with Gasteiger partial charge in [0.15, 0.2) is 5.58 Å². The number of hydrogen-bond acceptors (Lipinski definition) is 2. The van der Waals surface area contributed by atoms with Gasteiger partial charge in [-0.25, -0.2) is 0 Å². The third-order valence-corrected chi connectivity index (χ3v) is 10.9. The van der Waals surface area contributed by atoms with Crippen LogP contribution >= 0.6 is 0 Å². The topological polar surface area (TPSA) is 16.4 Å². The van der Waals surface area contributed by atoms with Crippen LogP contribution in [0.3, 0.4) is 0 Å². The normalized spacial score (nSPS) is 13.1. The third-order valence-electron chi connectivity index (χ3n) is 10.9. The van der Waals surface area contributed by atoms with Gasteiger partial charge in [-0.05, 0) is 86.1 Å². The van der Waals surface area contributed by atoms with Crippen LogP contribution in [0.5, 0.6) is 0 Å². The van der Waals surface area contributed by atoms with Crippen molar-refractivity contribution in [1.82, 2.24) is 0 Å². The molecule has 0 saturated carbocycles. The summed E-state index contributed by atoms with van der Waals surface area (Å²) >= 11 is 0. The van der Waals surface area contributed by atoms with Gasteiger partial charge >= 0.3 is 0 Å². The summed E-state index contributed by atoms with van der Waals surface area (Å²) in [6.07, 6.45) is 0. The molecule has 1 heterocycles. The minimum atomic E-state index is -0.120. The molecule has 0 atom stereocenters. The maximum atomic E-state index is 6.85. The number of hydrogen-bond donors (Lipinski definition) is 0. The number of benzene rings is 8. The predicted octanol–water partition coefficient (Wildman–Crippen LogP) is 13.8. The van der Waals surface area contributed by atoms with Gasteiger partial charge in [-0.2, -0.15) is 0 Å². The molecule has 1 aromatic heterocycles. The van der Waals surface area contributed by atoms with Crippen LogP contribution < -0.4 is 4.90 Å². The first-order chi connectivity index (χ1) is 25.1. The number of nitrogens with zero attached hydrogens (tertiary/aromatic N) is 1. The first kappa shape index (κ1) is 29.5. The molecule has 0 radical (unpaired) electrons. The van der Waals surface area contributed by atoms with Crippen LogP contribution in [0.1, 0.15) is 25.0 Å². The van der Waals surface area contributed by atoms with Crippen LogP contribution in [0, 0.1) is 0 Å². The van der Waals surface area contributed by atoms with Crippen LogP contribution in [0.2, 0.25) is 0 Å². The van der Waals surface area contributed by atoms with E-state index >= 15 is 0 Å². The van der Waals surface area contributed by atoms with Crippen LogP contribution in [0.15, 0.2) is 180 Å². The molecular formula is C49H35NO. The molecule has 0 N–H and O–H groups in total. The van der Waals surface area contributed by atoms with Gasteiger partial charge in [0.2, 0.25) is 0 Å². The van der Waals surface area contributed by atoms with E-state index in [1.165, 1.54) is 55.3 Å². The number of fused-ring (bicyclic) bond motifs is 8. The van der Waals surface area contributed by atoms with Crippen LogP contribution in [0.4, 0.5) is 17.1 Å². The van der Waals surface area contributed by atoms with Gasteiger partial charge in [-0.1, -0.05) is 153 Å². The molecule has 51 heavy (non-hydrogen) atoms. The lowest BCUT2D eigenvalue weighted by atomic mass is 9.82. The van der Waals surface area contributed by atoms with E-state index in [2.05, 4.69) is 195 Å². The predicted molar refractivity (Wildman–Crippen MR) is 214 cm³/mol. The van der Waals surface area contributed by atoms with E-state index in [0.717, 1.165) is 39.0 Å². The average molecular weight is 654 g/mol. The summed E-state index contributed by atoms with van der Waals surface area (Å²) in [5.41, 5.74) is 14.9. The molecule has 2 heteroatoms.